The molecule has 1 amide bonds. The first-order chi connectivity index (χ1) is 9.77. The van der Waals surface area contributed by atoms with Crippen molar-refractivity contribution >= 4 is 5.91 Å². The first-order valence-electron chi connectivity index (χ1n) is 6.83. The zero-order valence-electron chi connectivity index (χ0n) is 11.8. The van der Waals surface area contributed by atoms with Gasteiger partial charge in [0.2, 0.25) is 5.91 Å². The molecule has 0 unspecified atom stereocenters. The summed E-state index contributed by atoms with van der Waals surface area (Å²) in [4.78, 5) is 11.4. The number of nitrogens with one attached hydrogen (secondary N) is 2. The number of rotatable bonds is 9. The maximum Gasteiger partial charge on any atom is 0.221 e. The van der Waals surface area contributed by atoms with E-state index in [1.54, 1.807) is 0 Å². The van der Waals surface area contributed by atoms with Crippen LogP contribution in [-0.4, -0.2) is 25.6 Å². The molecule has 0 spiro atoms. The van der Waals surface area contributed by atoms with Crippen molar-refractivity contribution in [3.63, 3.8) is 0 Å². The molecule has 0 radical (unpaired) electrons. The van der Waals surface area contributed by atoms with Gasteiger partial charge >= 0.3 is 0 Å². The van der Waals surface area contributed by atoms with Crippen LogP contribution in [0.3, 0.4) is 0 Å². The largest absolute Gasteiger partial charge is 0.478 e. The molecule has 1 aromatic rings. The molecular formula is C15H21N3O2. The van der Waals surface area contributed by atoms with Gasteiger partial charge < -0.3 is 15.4 Å². The van der Waals surface area contributed by atoms with Gasteiger partial charge in [-0.25, -0.2) is 0 Å². The summed E-state index contributed by atoms with van der Waals surface area (Å²) >= 11 is 0. The predicted octanol–water partition coefficient (Wildman–Crippen LogP) is 1.59. The van der Waals surface area contributed by atoms with E-state index in [0.29, 0.717) is 25.3 Å². The van der Waals surface area contributed by atoms with Crippen LogP contribution in [0, 0.1) is 11.3 Å². The van der Waals surface area contributed by atoms with Gasteiger partial charge in [-0.3, -0.25) is 4.79 Å². The quantitative estimate of drug-likeness (QED) is 0.671. The minimum absolute atomic E-state index is 0.0381. The summed E-state index contributed by atoms with van der Waals surface area (Å²) in [5.41, 5.74) is 0.983. The number of carbonyl (C=O) groups is 1. The van der Waals surface area contributed by atoms with Crippen molar-refractivity contribution in [2.24, 2.45) is 0 Å². The number of amides is 1. The zero-order chi connectivity index (χ0) is 14.6. The van der Waals surface area contributed by atoms with E-state index < -0.39 is 0 Å². The molecule has 5 nitrogen and oxygen atoms in total. The summed E-state index contributed by atoms with van der Waals surface area (Å²) in [6.07, 6.45) is 1.41. The molecule has 0 bridgehead atoms. The minimum Gasteiger partial charge on any atom is -0.478 e. The molecule has 2 N–H and O–H groups in total. The second-order valence-corrected chi connectivity index (χ2v) is 4.33. The van der Waals surface area contributed by atoms with Crippen molar-refractivity contribution in [1.29, 1.82) is 5.26 Å². The third kappa shape index (κ3) is 6.21. The van der Waals surface area contributed by atoms with E-state index >= 15 is 0 Å². The summed E-state index contributed by atoms with van der Waals surface area (Å²) in [6, 6.07) is 9.52. The standard InChI is InChI=1S/C15H21N3O2/c1-2-9-18-15(19)7-10-17-12-13-5-3-4-6-14(13)20-11-8-16/h3-6,17H,2,7,9-12H2,1H3,(H,18,19). The number of hydrogen-bond acceptors (Lipinski definition) is 4. The van der Waals surface area contributed by atoms with Crippen LogP contribution in [0.25, 0.3) is 0 Å². The van der Waals surface area contributed by atoms with Crippen LogP contribution in [0.15, 0.2) is 24.3 Å². The van der Waals surface area contributed by atoms with Crippen molar-refractivity contribution < 1.29 is 9.53 Å². The van der Waals surface area contributed by atoms with Gasteiger partial charge in [-0.2, -0.15) is 5.26 Å². The maximum atomic E-state index is 11.4. The van der Waals surface area contributed by atoms with Crippen molar-refractivity contribution in [1.82, 2.24) is 10.6 Å². The highest BCUT2D eigenvalue weighted by Gasteiger charge is 2.03. The fourth-order valence-electron chi connectivity index (χ4n) is 1.68. The van der Waals surface area contributed by atoms with E-state index in [1.807, 2.05) is 37.3 Å². The van der Waals surface area contributed by atoms with Crippen LogP contribution in [0.2, 0.25) is 0 Å². The Hall–Kier alpha value is -2.06. The van der Waals surface area contributed by atoms with Gasteiger partial charge in [-0.1, -0.05) is 25.1 Å². The number of hydrogen-bond donors (Lipinski definition) is 2. The fourth-order valence-corrected chi connectivity index (χ4v) is 1.68. The number of benzene rings is 1. The summed E-state index contributed by atoms with van der Waals surface area (Å²) in [5.74, 6) is 0.769. The van der Waals surface area contributed by atoms with Crippen LogP contribution in [0.4, 0.5) is 0 Å². The smallest absolute Gasteiger partial charge is 0.221 e. The van der Waals surface area contributed by atoms with E-state index in [2.05, 4.69) is 10.6 Å². The Morgan fingerprint density at radius 1 is 1.35 bits per heavy atom. The first-order valence-corrected chi connectivity index (χ1v) is 6.83. The van der Waals surface area contributed by atoms with Crippen LogP contribution >= 0.6 is 0 Å². The molecule has 108 valence electrons. The molecule has 0 atom stereocenters. The molecule has 0 aromatic heterocycles. The van der Waals surface area contributed by atoms with Crippen LogP contribution < -0.4 is 15.4 Å². The van der Waals surface area contributed by atoms with Crippen LogP contribution in [0.5, 0.6) is 5.75 Å². The topological polar surface area (TPSA) is 74.2 Å². The van der Waals surface area contributed by atoms with Gasteiger partial charge in [0.25, 0.3) is 0 Å². The number of nitriles is 1. The molecule has 0 heterocycles. The zero-order valence-corrected chi connectivity index (χ0v) is 11.8. The Morgan fingerprint density at radius 2 is 2.15 bits per heavy atom. The lowest BCUT2D eigenvalue weighted by Crippen LogP contribution is -2.28. The van der Waals surface area contributed by atoms with Gasteiger partial charge in [0.1, 0.15) is 11.8 Å². The normalized spacial score (nSPS) is 9.80. The summed E-state index contributed by atoms with van der Waals surface area (Å²) in [5, 5.41) is 14.6. The lowest BCUT2D eigenvalue weighted by atomic mass is 10.2. The van der Waals surface area contributed by atoms with E-state index in [0.717, 1.165) is 18.5 Å². The lowest BCUT2D eigenvalue weighted by Gasteiger charge is -2.10. The van der Waals surface area contributed by atoms with Crippen molar-refractivity contribution in [3.05, 3.63) is 29.8 Å². The lowest BCUT2D eigenvalue weighted by molar-refractivity contribution is -0.120. The molecular weight excluding hydrogens is 254 g/mol. The number of nitrogens with zero attached hydrogens (tertiary/aromatic N) is 1. The third-order valence-corrected chi connectivity index (χ3v) is 2.68. The molecule has 0 aliphatic carbocycles. The fraction of sp³-hybridized carbons (Fsp3) is 0.467. The summed E-state index contributed by atoms with van der Waals surface area (Å²) in [6.45, 7) is 4.02. The molecule has 0 saturated heterocycles. The molecule has 0 aliphatic rings. The second kappa shape index (κ2) is 9.82. The summed E-state index contributed by atoms with van der Waals surface area (Å²) < 4.78 is 5.34. The predicted molar refractivity (Wildman–Crippen MR) is 77.2 cm³/mol. The molecule has 5 heteroatoms. The summed E-state index contributed by atoms with van der Waals surface area (Å²) in [7, 11) is 0. The number of carbonyl (C=O) groups excluding carboxylic acids is 1. The van der Waals surface area contributed by atoms with Gasteiger partial charge in [0, 0.05) is 31.6 Å². The van der Waals surface area contributed by atoms with Gasteiger partial charge in [-0.05, 0) is 12.5 Å². The Bertz CT molecular complexity index is 455. The van der Waals surface area contributed by atoms with Crippen LogP contribution in [0.1, 0.15) is 25.3 Å². The van der Waals surface area contributed by atoms with Crippen molar-refractivity contribution in [2.75, 3.05) is 19.7 Å². The van der Waals surface area contributed by atoms with Crippen LogP contribution in [-0.2, 0) is 11.3 Å². The van der Waals surface area contributed by atoms with E-state index in [1.165, 1.54) is 0 Å². The second-order valence-electron chi connectivity index (χ2n) is 4.33. The van der Waals surface area contributed by atoms with Crippen molar-refractivity contribution in [3.8, 4) is 11.8 Å². The Balaban J connectivity index is 2.31. The van der Waals surface area contributed by atoms with E-state index in [-0.39, 0.29) is 12.5 Å². The Labute approximate surface area is 119 Å². The Morgan fingerprint density at radius 3 is 2.90 bits per heavy atom. The minimum atomic E-state index is 0.0381. The molecule has 0 aliphatic heterocycles. The van der Waals surface area contributed by atoms with E-state index in [9.17, 15) is 4.79 Å². The molecule has 0 fully saturated rings. The molecule has 1 rings (SSSR count). The van der Waals surface area contributed by atoms with E-state index in [4.69, 9.17) is 10.00 Å². The average molecular weight is 275 g/mol. The SMILES string of the molecule is CCCNC(=O)CCNCc1ccccc1OCC#N. The number of para-hydroxylation sites is 1. The highest BCUT2D eigenvalue weighted by atomic mass is 16.5. The van der Waals surface area contributed by atoms with Crippen molar-refractivity contribution in [2.45, 2.75) is 26.3 Å². The molecule has 0 saturated carbocycles. The average Bonchev–Trinajstić information content (AvgIpc) is 2.48. The monoisotopic (exact) mass is 275 g/mol. The number of ether oxygens (including phenoxy) is 1. The highest BCUT2D eigenvalue weighted by molar-refractivity contribution is 5.75. The maximum absolute atomic E-state index is 11.4. The van der Waals surface area contributed by atoms with Gasteiger partial charge in [0.05, 0.1) is 0 Å². The van der Waals surface area contributed by atoms with Gasteiger partial charge in [0.15, 0.2) is 6.61 Å². The molecule has 20 heavy (non-hydrogen) atoms. The highest BCUT2D eigenvalue weighted by Crippen LogP contribution is 2.17. The first kappa shape index (κ1) is 16.0. The van der Waals surface area contributed by atoms with Gasteiger partial charge in [-0.15, -0.1) is 0 Å². The third-order valence-electron chi connectivity index (χ3n) is 2.68. The molecule has 1 aromatic carbocycles. The Kier molecular flexibility index (Phi) is 7.85.